The summed E-state index contributed by atoms with van der Waals surface area (Å²) >= 11 is 1.91. The van der Waals surface area contributed by atoms with E-state index in [4.69, 9.17) is 4.74 Å². The third kappa shape index (κ3) is 3.93. The van der Waals surface area contributed by atoms with Gasteiger partial charge in [0.15, 0.2) is 0 Å². The lowest BCUT2D eigenvalue weighted by molar-refractivity contribution is 0.219. The molecule has 0 spiro atoms. The molecular weight excluding hydrogens is 194 g/mol. The second-order valence-electron chi connectivity index (χ2n) is 3.56. The predicted octanol–water partition coefficient (Wildman–Crippen LogP) is 2.41. The first-order valence-electron chi connectivity index (χ1n) is 5.41. The van der Waals surface area contributed by atoms with E-state index in [1.54, 1.807) is 0 Å². The molecule has 1 atom stereocenters. The average molecular weight is 215 g/mol. The molecule has 1 rings (SSSR count). The third-order valence-electron chi connectivity index (χ3n) is 2.47. The standard InChI is InChI=1S/C11H21NOS/c1-3-12-11(6-8-14-2)10-5-4-7-13-9-10/h9,11-12H,3-8H2,1-2H3. The van der Waals surface area contributed by atoms with Crippen LogP contribution in [0.4, 0.5) is 0 Å². The number of nitrogens with one attached hydrogen (secondary N) is 1. The zero-order chi connectivity index (χ0) is 10.2. The Labute approximate surface area is 91.5 Å². The van der Waals surface area contributed by atoms with Crippen LogP contribution in [-0.2, 0) is 4.74 Å². The molecule has 1 aliphatic heterocycles. The molecule has 0 aliphatic carbocycles. The van der Waals surface area contributed by atoms with Crippen LogP contribution in [0.1, 0.15) is 26.2 Å². The number of hydrogen-bond acceptors (Lipinski definition) is 3. The van der Waals surface area contributed by atoms with E-state index in [1.807, 2.05) is 18.0 Å². The number of rotatable bonds is 6. The highest BCUT2D eigenvalue weighted by Crippen LogP contribution is 2.18. The topological polar surface area (TPSA) is 21.3 Å². The van der Waals surface area contributed by atoms with Crippen LogP contribution in [0.3, 0.4) is 0 Å². The Bertz CT molecular complexity index is 182. The summed E-state index contributed by atoms with van der Waals surface area (Å²) in [6, 6.07) is 0.535. The molecule has 0 aromatic rings. The van der Waals surface area contributed by atoms with Crippen LogP contribution < -0.4 is 5.32 Å². The van der Waals surface area contributed by atoms with Gasteiger partial charge in [-0.05, 0) is 43.4 Å². The van der Waals surface area contributed by atoms with Crippen molar-refractivity contribution in [1.82, 2.24) is 5.32 Å². The van der Waals surface area contributed by atoms with Gasteiger partial charge in [-0.3, -0.25) is 0 Å². The fraction of sp³-hybridized carbons (Fsp3) is 0.818. The third-order valence-corrected chi connectivity index (χ3v) is 3.12. The van der Waals surface area contributed by atoms with E-state index in [1.165, 1.54) is 30.6 Å². The Kier molecular flexibility index (Phi) is 6.12. The van der Waals surface area contributed by atoms with Gasteiger partial charge in [0, 0.05) is 6.04 Å². The van der Waals surface area contributed by atoms with E-state index < -0.39 is 0 Å². The van der Waals surface area contributed by atoms with Gasteiger partial charge in [-0.1, -0.05) is 6.92 Å². The lowest BCUT2D eigenvalue weighted by Crippen LogP contribution is -2.32. The second kappa shape index (κ2) is 7.18. The molecule has 2 nitrogen and oxygen atoms in total. The minimum absolute atomic E-state index is 0.535. The van der Waals surface area contributed by atoms with Gasteiger partial charge >= 0.3 is 0 Å². The summed E-state index contributed by atoms with van der Waals surface area (Å²) in [6.07, 6.45) is 7.72. The fourth-order valence-corrected chi connectivity index (χ4v) is 2.21. The van der Waals surface area contributed by atoms with Crippen molar-refractivity contribution in [3.8, 4) is 0 Å². The summed E-state index contributed by atoms with van der Waals surface area (Å²) in [6.45, 7) is 4.09. The van der Waals surface area contributed by atoms with Gasteiger partial charge in [-0.15, -0.1) is 0 Å². The van der Waals surface area contributed by atoms with Crippen molar-refractivity contribution in [2.75, 3.05) is 25.2 Å². The summed E-state index contributed by atoms with van der Waals surface area (Å²) in [4.78, 5) is 0. The highest BCUT2D eigenvalue weighted by molar-refractivity contribution is 7.98. The molecule has 0 fully saturated rings. The summed E-state index contributed by atoms with van der Waals surface area (Å²) in [5, 5.41) is 3.53. The number of hydrogen-bond donors (Lipinski definition) is 1. The van der Waals surface area contributed by atoms with Crippen molar-refractivity contribution < 1.29 is 4.74 Å². The molecule has 1 N–H and O–H groups in total. The van der Waals surface area contributed by atoms with E-state index in [0.29, 0.717) is 6.04 Å². The first kappa shape index (κ1) is 11.9. The molecular formula is C11H21NOS. The molecule has 1 heterocycles. The number of thioether (sulfide) groups is 1. The van der Waals surface area contributed by atoms with Crippen molar-refractivity contribution in [3.05, 3.63) is 11.8 Å². The van der Waals surface area contributed by atoms with Crippen molar-refractivity contribution in [3.63, 3.8) is 0 Å². The van der Waals surface area contributed by atoms with Gasteiger partial charge in [0.25, 0.3) is 0 Å². The van der Waals surface area contributed by atoms with Crippen molar-refractivity contribution >= 4 is 11.8 Å². The van der Waals surface area contributed by atoms with Gasteiger partial charge in [0.05, 0.1) is 12.9 Å². The SMILES string of the molecule is CCNC(CCSC)C1=COCCC1. The molecule has 0 amide bonds. The van der Waals surface area contributed by atoms with Gasteiger partial charge in [-0.2, -0.15) is 11.8 Å². The average Bonchev–Trinajstić information content (AvgIpc) is 2.25. The van der Waals surface area contributed by atoms with Crippen LogP contribution in [0.25, 0.3) is 0 Å². The van der Waals surface area contributed by atoms with Crippen LogP contribution in [0.5, 0.6) is 0 Å². The van der Waals surface area contributed by atoms with E-state index >= 15 is 0 Å². The molecule has 14 heavy (non-hydrogen) atoms. The first-order valence-corrected chi connectivity index (χ1v) is 6.80. The maximum atomic E-state index is 5.38. The highest BCUT2D eigenvalue weighted by Gasteiger charge is 2.15. The monoisotopic (exact) mass is 215 g/mol. The summed E-state index contributed by atoms with van der Waals surface area (Å²) in [7, 11) is 0. The predicted molar refractivity (Wildman–Crippen MR) is 63.7 cm³/mol. The Morgan fingerprint density at radius 1 is 1.64 bits per heavy atom. The normalized spacial score (nSPS) is 18.6. The van der Waals surface area contributed by atoms with Crippen molar-refractivity contribution in [2.24, 2.45) is 0 Å². The van der Waals surface area contributed by atoms with Crippen LogP contribution >= 0.6 is 11.8 Å². The Morgan fingerprint density at radius 3 is 3.07 bits per heavy atom. The maximum Gasteiger partial charge on any atom is 0.0876 e. The van der Waals surface area contributed by atoms with E-state index in [0.717, 1.165) is 13.2 Å². The van der Waals surface area contributed by atoms with Crippen LogP contribution in [0, 0.1) is 0 Å². The maximum absolute atomic E-state index is 5.38. The molecule has 1 aliphatic rings. The minimum atomic E-state index is 0.535. The van der Waals surface area contributed by atoms with Gasteiger partial charge in [-0.25, -0.2) is 0 Å². The zero-order valence-electron chi connectivity index (χ0n) is 9.21. The largest absolute Gasteiger partial charge is 0.501 e. The minimum Gasteiger partial charge on any atom is -0.501 e. The summed E-state index contributed by atoms with van der Waals surface area (Å²) < 4.78 is 5.38. The van der Waals surface area contributed by atoms with Gasteiger partial charge < -0.3 is 10.1 Å². The van der Waals surface area contributed by atoms with Crippen molar-refractivity contribution in [1.29, 1.82) is 0 Å². The molecule has 3 heteroatoms. The van der Waals surface area contributed by atoms with E-state index in [2.05, 4.69) is 18.5 Å². The van der Waals surface area contributed by atoms with Gasteiger partial charge in [0.2, 0.25) is 0 Å². The molecule has 0 aromatic heterocycles. The smallest absolute Gasteiger partial charge is 0.0876 e. The summed E-state index contributed by atoms with van der Waals surface area (Å²) in [5.41, 5.74) is 1.45. The lowest BCUT2D eigenvalue weighted by atomic mass is 10.00. The molecule has 0 bridgehead atoms. The van der Waals surface area contributed by atoms with Crippen LogP contribution in [-0.4, -0.2) is 31.2 Å². The second-order valence-corrected chi connectivity index (χ2v) is 4.54. The quantitative estimate of drug-likeness (QED) is 0.735. The molecule has 82 valence electrons. The summed E-state index contributed by atoms with van der Waals surface area (Å²) in [5.74, 6) is 1.22. The number of likely N-dealkylation sites (N-methyl/N-ethyl adjacent to an activating group) is 1. The molecule has 0 saturated heterocycles. The van der Waals surface area contributed by atoms with Crippen LogP contribution in [0.15, 0.2) is 11.8 Å². The molecule has 0 aromatic carbocycles. The lowest BCUT2D eigenvalue weighted by Gasteiger charge is -2.23. The Hall–Kier alpha value is -0.150. The molecule has 0 radical (unpaired) electrons. The Balaban J connectivity index is 2.42. The van der Waals surface area contributed by atoms with E-state index in [-0.39, 0.29) is 0 Å². The zero-order valence-corrected chi connectivity index (χ0v) is 10.0. The number of ether oxygens (including phenoxy) is 1. The fourth-order valence-electron chi connectivity index (χ4n) is 1.74. The first-order chi connectivity index (χ1) is 6.88. The Morgan fingerprint density at radius 2 is 2.50 bits per heavy atom. The molecule has 1 unspecified atom stereocenters. The highest BCUT2D eigenvalue weighted by atomic mass is 32.2. The van der Waals surface area contributed by atoms with Gasteiger partial charge in [0.1, 0.15) is 0 Å². The van der Waals surface area contributed by atoms with E-state index in [9.17, 15) is 0 Å². The van der Waals surface area contributed by atoms with Crippen LogP contribution in [0.2, 0.25) is 0 Å². The molecule has 0 saturated carbocycles. The van der Waals surface area contributed by atoms with Crippen molar-refractivity contribution in [2.45, 2.75) is 32.2 Å².